The molecule has 1 aromatic heterocycles. The average Bonchev–Trinajstić information content (AvgIpc) is 2.78. The number of hydrogen-bond donors (Lipinski definition) is 0. The summed E-state index contributed by atoms with van der Waals surface area (Å²) in [4.78, 5) is 18.2. The third-order valence-corrected chi connectivity index (χ3v) is 3.45. The zero-order valence-corrected chi connectivity index (χ0v) is 10.6. The molecular weight excluding hydrogens is 212 g/mol. The molecule has 1 aromatic rings. The van der Waals surface area contributed by atoms with Crippen molar-refractivity contribution in [2.24, 2.45) is 5.92 Å². The summed E-state index contributed by atoms with van der Waals surface area (Å²) < 4.78 is 0. The molecule has 1 aliphatic heterocycles. The second-order valence-electron chi connectivity index (χ2n) is 4.82. The SMILES string of the molecule is CCCC1CCN(c2ncccc2C(C)=O)C1. The van der Waals surface area contributed by atoms with Crippen LogP contribution >= 0.6 is 0 Å². The summed E-state index contributed by atoms with van der Waals surface area (Å²) in [7, 11) is 0. The number of carbonyl (C=O) groups is 1. The molecule has 0 amide bonds. The molecule has 0 aliphatic carbocycles. The number of carbonyl (C=O) groups excluding carboxylic acids is 1. The Morgan fingerprint density at radius 2 is 2.41 bits per heavy atom. The van der Waals surface area contributed by atoms with E-state index in [1.165, 1.54) is 19.3 Å². The van der Waals surface area contributed by atoms with Crippen molar-refractivity contribution in [2.45, 2.75) is 33.1 Å². The summed E-state index contributed by atoms with van der Waals surface area (Å²) >= 11 is 0. The van der Waals surface area contributed by atoms with Gasteiger partial charge in [-0.05, 0) is 37.8 Å². The second kappa shape index (κ2) is 5.30. The molecule has 0 radical (unpaired) electrons. The van der Waals surface area contributed by atoms with Crippen molar-refractivity contribution in [3.63, 3.8) is 0 Å². The predicted octanol–water partition coefficient (Wildman–Crippen LogP) is 2.91. The van der Waals surface area contributed by atoms with Crippen molar-refractivity contribution >= 4 is 11.6 Å². The van der Waals surface area contributed by atoms with E-state index in [0.29, 0.717) is 0 Å². The Morgan fingerprint density at radius 3 is 3.12 bits per heavy atom. The molecule has 3 nitrogen and oxygen atoms in total. The lowest BCUT2D eigenvalue weighted by Gasteiger charge is -2.19. The number of Topliss-reactive ketones (excluding diaryl/α,β-unsaturated/α-hetero) is 1. The second-order valence-corrected chi connectivity index (χ2v) is 4.82. The number of nitrogens with zero attached hydrogens (tertiary/aromatic N) is 2. The molecule has 0 spiro atoms. The highest BCUT2D eigenvalue weighted by Crippen LogP contribution is 2.27. The minimum atomic E-state index is 0.104. The van der Waals surface area contributed by atoms with E-state index in [-0.39, 0.29) is 5.78 Å². The molecule has 1 unspecified atom stereocenters. The lowest BCUT2D eigenvalue weighted by molar-refractivity contribution is 0.101. The monoisotopic (exact) mass is 232 g/mol. The number of aromatic nitrogens is 1. The maximum Gasteiger partial charge on any atom is 0.163 e. The van der Waals surface area contributed by atoms with Crippen molar-refractivity contribution in [2.75, 3.05) is 18.0 Å². The highest BCUT2D eigenvalue weighted by atomic mass is 16.1. The van der Waals surface area contributed by atoms with Crippen molar-refractivity contribution < 1.29 is 4.79 Å². The van der Waals surface area contributed by atoms with Gasteiger partial charge in [0, 0.05) is 19.3 Å². The molecule has 3 heteroatoms. The van der Waals surface area contributed by atoms with Crippen LogP contribution in [0.15, 0.2) is 18.3 Å². The van der Waals surface area contributed by atoms with Gasteiger partial charge in [0.05, 0.1) is 5.56 Å². The van der Waals surface area contributed by atoms with Gasteiger partial charge >= 0.3 is 0 Å². The van der Waals surface area contributed by atoms with Crippen LogP contribution in [0.5, 0.6) is 0 Å². The fourth-order valence-corrected chi connectivity index (χ4v) is 2.59. The third-order valence-electron chi connectivity index (χ3n) is 3.45. The quantitative estimate of drug-likeness (QED) is 0.748. The molecule has 0 bridgehead atoms. The zero-order valence-electron chi connectivity index (χ0n) is 10.6. The Morgan fingerprint density at radius 1 is 1.59 bits per heavy atom. The Bertz CT molecular complexity index is 403. The van der Waals surface area contributed by atoms with Crippen molar-refractivity contribution in [3.05, 3.63) is 23.9 Å². The van der Waals surface area contributed by atoms with Crippen molar-refractivity contribution in [1.29, 1.82) is 0 Å². The summed E-state index contributed by atoms with van der Waals surface area (Å²) in [5, 5.41) is 0. The fraction of sp³-hybridized carbons (Fsp3) is 0.571. The average molecular weight is 232 g/mol. The molecule has 2 rings (SSSR count). The Hall–Kier alpha value is -1.38. The van der Waals surface area contributed by atoms with E-state index >= 15 is 0 Å². The van der Waals surface area contributed by atoms with Gasteiger partial charge in [-0.15, -0.1) is 0 Å². The Balaban J connectivity index is 2.16. The van der Waals surface area contributed by atoms with Crippen LogP contribution < -0.4 is 4.90 Å². The molecular formula is C14H20N2O. The van der Waals surface area contributed by atoms with Gasteiger partial charge in [-0.25, -0.2) is 4.98 Å². The first-order valence-electron chi connectivity index (χ1n) is 6.43. The van der Waals surface area contributed by atoms with Gasteiger partial charge < -0.3 is 4.90 Å². The fourth-order valence-electron chi connectivity index (χ4n) is 2.59. The maximum absolute atomic E-state index is 11.6. The largest absolute Gasteiger partial charge is 0.356 e. The van der Waals surface area contributed by atoms with E-state index < -0.39 is 0 Å². The van der Waals surface area contributed by atoms with E-state index in [2.05, 4.69) is 16.8 Å². The van der Waals surface area contributed by atoms with Gasteiger partial charge in [0.2, 0.25) is 0 Å². The summed E-state index contributed by atoms with van der Waals surface area (Å²) in [6, 6.07) is 3.71. The van der Waals surface area contributed by atoms with Crippen molar-refractivity contribution in [1.82, 2.24) is 4.98 Å². The van der Waals surface area contributed by atoms with Gasteiger partial charge in [-0.2, -0.15) is 0 Å². The topological polar surface area (TPSA) is 33.2 Å². The highest BCUT2D eigenvalue weighted by Gasteiger charge is 2.25. The number of hydrogen-bond acceptors (Lipinski definition) is 3. The third kappa shape index (κ3) is 2.65. The standard InChI is InChI=1S/C14H20N2O/c1-3-5-12-7-9-16(10-12)14-13(11(2)17)6-4-8-15-14/h4,6,8,12H,3,5,7,9-10H2,1-2H3. The van der Waals surface area contributed by atoms with Crippen LogP contribution in [-0.4, -0.2) is 23.9 Å². The molecule has 1 aliphatic rings. The van der Waals surface area contributed by atoms with Gasteiger partial charge in [-0.3, -0.25) is 4.79 Å². The van der Waals surface area contributed by atoms with E-state index in [0.717, 1.165) is 30.4 Å². The molecule has 0 N–H and O–H groups in total. The molecule has 1 saturated heterocycles. The van der Waals surface area contributed by atoms with Gasteiger partial charge in [0.25, 0.3) is 0 Å². The molecule has 2 heterocycles. The van der Waals surface area contributed by atoms with Crippen molar-refractivity contribution in [3.8, 4) is 0 Å². The lowest BCUT2D eigenvalue weighted by atomic mass is 10.0. The maximum atomic E-state index is 11.6. The minimum absolute atomic E-state index is 0.104. The molecule has 0 aromatic carbocycles. The smallest absolute Gasteiger partial charge is 0.163 e. The van der Waals surface area contributed by atoms with Crippen LogP contribution in [0.3, 0.4) is 0 Å². The number of rotatable bonds is 4. The molecule has 92 valence electrons. The normalized spacial score (nSPS) is 19.6. The molecule has 1 atom stereocenters. The zero-order chi connectivity index (χ0) is 12.3. The number of pyridine rings is 1. The highest BCUT2D eigenvalue weighted by molar-refractivity contribution is 5.98. The first-order chi connectivity index (χ1) is 8.22. The van der Waals surface area contributed by atoms with E-state index in [1.807, 2.05) is 12.1 Å². The van der Waals surface area contributed by atoms with E-state index in [4.69, 9.17) is 0 Å². The van der Waals surface area contributed by atoms with Gasteiger partial charge in [0.15, 0.2) is 5.78 Å². The van der Waals surface area contributed by atoms with E-state index in [9.17, 15) is 4.79 Å². The summed E-state index contributed by atoms with van der Waals surface area (Å²) in [6.45, 7) is 5.91. The van der Waals surface area contributed by atoms with Gasteiger partial charge in [-0.1, -0.05) is 13.3 Å². The first kappa shape index (κ1) is 12.1. The van der Waals surface area contributed by atoms with Gasteiger partial charge in [0.1, 0.15) is 5.82 Å². The van der Waals surface area contributed by atoms with Crippen LogP contribution in [0.2, 0.25) is 0 Å². The van der Waals surface area contributed by atoms with Crippen LogP contribution in [0, 0.1) is 5.92 Å². The Kier molecular flexibility index (Phi) is 3.77. The van der Waals surface area contributed by atoms with E-state index in [1.54, 1.807) is 13.1 Å². The molecule has 0 saturated carbocycles. The molecule has 1 fully saturated rings. The first-order valence-corrected chi connectivity index (χ1v) is 6.43. The predicted molar refractivity (Wildman–Crippen MR) is 69.5 cm³/mol. The summed E-state index contributed by atoms with van der Waals surface area (Å²) in [6.07, 6.45) is 5.51. The lowest BCUT2D eigenvalue weighted by Crippen LogP contribution is -2.23. The van der Waals surface area contributed by atoms with Crippen LogP contribution in [0.25, 0.3) is 0 Å². The summed E-state index contributed by atoms with van der Waals surface area (Å²) in [5.74, 6) is 1.74. The summed E-state index contributed by atoms with van der Waals surface area (Å²) in [5.41, 5.74) is 0.754. The number of anilines is 1. The van der Waals surface area contributed by atoms with Crippen LogP contribution in [-0.2, 0) is 0 Å². The number of ketones is 1. The van der Waals surface area contributed by atoms with Crippen LogP contribution in [0.4, 0.5) is 5.82 Å². The Labute approximate surface area is 103 Å². The minimum Gasteiger partial charge on any atom is -0.356 e. The molecule has 17 heavy (non-hydrogen) atoms. The van der Waals surface area contributed by atoms with Crippen LogP contribution in [0.1, 0.15) is 43.5 Å².